The number of hydrogen-bond acceptors (Lipinski definition) is 3. The third-order valence-corrected chi connectivity index (χ3v) is 4.53. The first-order chi connectivity index (χ1) is 13.8. The second-order valence-corrected chi connectivity index (χ2v) is 6.33. The number of nitrogens with zero attached hydrogens (tertiary/aromatic N) is 2. The molecule has 3 aromatic carbocycles. The van der Waals surface area contributed by atoms with Gasteiger partial charge in [-0.15, -0.1) is 0 Å². The van der Waals surface area contributed by atoms with Crippen LogP contribution in [0.2, 0.25) is 0 Å². The highest BCUT2D eigenvalue weighted by atomic mass is 16.5. The summed E-state index contributed by atoms with van der Waals surface area (Å²) in [5, 5.41) is 0. The fourth-order valence-electron chi connectivity index (χ4n) is 3.16. The maximum atomic E-state index is 12.7. The monoisotopic (exact) mass is 368 g/mol. The van der Waals surface area contributed by atoms with E-state index in [1.165, 1.54) is 0 Å². The van der Waals surface area contributed by atoms with Gasteiger partial charge in [0.15, 0.2) is 0 Å². The van der Waals surface area contributed by atoms with E-state index in [1.54, 1.807) is 12.1 Å². The summed E-state index contributed by atoms with van der Waals surface area (Å²) in [6.07, 6.45) is 1.83. The molecule has 0 saturated carbocycles. The van der Waals surface area contributed by atoms with Crippen molar-refractivity contribution in [3.63, 3.8) is 0 Å². The van der Waals surface area contributed by atoms with Crippen molar-refractivity contribution in [2.24, 2.45) is 0 Å². The van der Waals surface area contributed by atoms with Crippen molar-refractivity contribution in [1.29, 1.82) is 0 Å². The first-order valence-electron chi connectivity index (χ1n) is 9.26. The molecular formula is C24H20N2O2. The molecule has 0 unspecified atom stereocenters. The molecule has 0 aliphatic carbocycles. The number of hydrogen-bond donors (Lipinski definition) is 0. The normalized spacial score (nSPS) is 11.5. The molecule has 138 valence electrons. The van der Waals surface area contributed by atoms with Crippen molar-refractivity contribution in [3.05, 3.63) is 102 Å². The van der Waals surface area contributed by atoms with Crippen LogP contribution in [0.3, 0.4) is 0 Å². The average Bonchev–Trinajstić information content (AvgIpc) is 3.11. The number of carbonyl (C=O) groups excluding carboxylic acids is 1. The summed E-state index contributed by atoms with van der Waals surface area (Å²) in [6.45, 7) is 2.84. The van der Waals surface area contributed by atoms with Gasteiger partial charge in [-0.1, -0.05) is 60.7 Å². The van der Waals surface area contributed by atoms with Gasteiger partial charge in [0.25, 0.3) is 0 Å². The molecule has 1 heterocycles. The topological polar surface area (TPSA) is 44.1 Å². The maximum Gasteiger partial charge on any atom is 0.343 e. The summed E-state index contributed by atoms with van der Waals surface area (Å²) < 4.78 is 7.90. The van der Waals surface area contributed by atoms with Crippen LogP contribution in [-0.2, 0) is 11.3 Å². The second-order valence-electron chi connectivity index (χ2n) is 6.33. The fourth-order valence-corrected chi connectivity index (χ4v) is 3.16. The van der Waals surface area contributed by atoms with E-state index in [0.29, 0.717) is 11.3 Å². The Bertz CT molecular complexity index is 1130. The number of aromatic nitrogens is 2. The molecule has 0 bridgehead atoms. The Morgan fingerprint density at radius 1 is 0.893 bits per heavy atom. The quantitative estimate of drug-likeness (QED) is 0.349. The van der Waals surface area contributed by atoms with E-state index in [1.807, 2.05) is 78.9 Å². The van der Waals surface area contributed by atoms with Gasteiger partial charge >= 0.3 is 5.97 Å². The van der Waals surface area contributed by atoms with Crippen molar-refractivity contribution in [2.45, 2.75) is 13.5 Å². The Morgan fingerprint density at radius 2 is 1.50 bits per heavy atom. The molecule has 0 amide bonds. The minimum atomic E-state index is -0.394. The van der Waals surface area contributed by atoms with E-state index in [9.17, 15) is 4.79 Å². The van der Waals surface area contributed by atoms with E-state index in [4.69, 9.17) is 9.72 Å². The Labute approximate surface area is 163 Å². The minimum absolute atomic E-state index is 0.394. The zero-order valence-electron chi connectivity index (χ0n) is 15.6. The number of rotatable bonds is 5. The van der Waals surface area contributed by atoms with Crippen LogP contribution in [0.5, 0.6) is 0 Å². The van der Waals surface area contributed by atoms with Crippen molar-refractivity contribution in [3.8, 4) is 0 Å². The molecule has 0 N–H and O–H groups in total. The highest BCUT2D eigenvalue weighted by molar-refractivity contribution is 5.95. The fraction of sp³-hybridized carbons (Fsp3) is 0.0833. The molecule has 4 rings (SSSR count). The number of benzene rings is 3. The number of para-hydroxylation sites is 2. The molecule has 0 saturated heterocycles. The highest BCUT2D eigenvalue weighted by Gasteiger charge is 2.14. The van der Waals surface area contributed by atoms with Crippen LogP contribution < -0.4 is 0 Å². The zero-order valence-corrected chi connectivity index (χ0v) is 15.6. The van der Waals surface area contributed by atoms with Crippen LogP contribution in [0.1, 0.15) is 28.7 Å². The summed E-state index contributed by atoms with van der Waals surface area (Å²) in [5.74, 6) is 0.831. The van der Waals surface area contributed by atoms with Gasteiger partial charge in [0.1, 0.15) is 11.6 Å². The molecule has 4 heteroatoms. The lowest BCUT2D eigenvalue weighted by Gasteiger charge is -2.10. The van der Waals surface area contributed by atoms with Crippen LogP contribution >= 0.6 is 0 Å². The van der Waals surface area contributed by atoms with Crippen molar-refractivity contribution >= 4 is 28.8 Å². The molecule has 0 radical (unpaired) electrons. The molecule has 0 aliphatic heterocycles. The molecule has 0 fully saturated rings. The van der Waals surface area contributed by atoms with Gasteiger partial charge in [-0.25, -0.2) is 9.78 Å². The number of fused-ring (bicyclic) bond motifs is 1. The van der Waals surface area contributed by atoms with Gasteiger partial charge in [0, 0.05) is 18.2 Å². The molecule has 4 nitrogen and oxygen atoms in total. The lowest BCUT2D eigenvalue weighted by Crippen LogP contribution is -2.05. The molecule has 0 spiro atoms. The van der Waals surface area contributed by atoms with Gasteiger partial charge < -0.3 is 9.30 Å². The third-order valence-electron chi connectivity index (χ3n) is 4.53. The SMILES string of the molecule is CCn1c(/C=C(\OC(=O)c2ccccc2)c2ccccc2)nc2ccccc21. The van der Waals surface area contributed by atoms with Gasteiger partial charge in [-0.2, -0.15) is 0 Å². The van der Waals surface area contributed by atoms with Gasteiger partial charge in [-0.05, 0) is 31.2 Å². The van der Waals surface area contributed by atoms with Gasteiger partial charge in [0.05, 0.1) is 16.6 Å². The largest absolute Gasteiger partial charge is 0.422 e. The Kier molecular flexibility index (Phi) is 5.02. The lowest BCUT2D eigenvalue weighted by atomic mass is 10.1. The van der Waals surface area contributed by atoms with E-state index >= 15 is 0 Å². The average molecular weight is 368 g/mol. The molecule has 4 aromatic rings. The molecule has 1 aromatic heterocycles. The number of ether oxygens (including phenoxy) is 1. The van der Waals surface area contributed by atoms with E-state index < -0.39 is 5.97 Å². The lowest BCUT2D eigenvalue weighted by molar-refractivity contribution is 0.0693. The predicted octanol–water partition coefficient (Wildman–Crippen LogP) is 5.41. The summed E-state index contributed by atoms with van der Waals surface area (Å²) in [4.78, 5) is 17.4. The number of esters is 1. The molecular weight excluding hydrogens is 348 g/mol. The van der Waals surface area contributed by atoms with Crippen LogP contribution in [0.15, 0.2) is 84.9 Å². The summed E-state index contributed by atoms with van der Waals surface area (Å²) in [7, 11) is 0. The first kappa shape index (κ1) is 17.7. The Morgan fingerprint density at radius 3 is 2.18 bits per heavy atom. The van der Waals surface area contributed by atoms with Crippen LogP contribution in [0, 0.1) is 0 Å². The van der Waals surface area contributed by atoms with Crippen LogP contribution in [0.25, 0.3) is 22.9 Å². The Hall–Kier alpha value is -3.66. The number of imidazole rings is 1. The van der Waals surface area contributed by atoms with E-state index in [0.717, 1.165) is 29.0 Å². The molecule has 0 atom stereocenters. The van der Waals surface area contributed by atoms with E-state index in [2.05, 4.69) is 11.5 Å². The van der Waals surface area contributed by atoms with Crippen LogP contribution in [0.4, 0.5) is 0 Å². The molecule has 28 heavy (non-hydrogen) atoms. The first-order valence-corrected chi connectivity index (χ1v) is 9.26. The highest BCUT2D eigenvalue weighted by Crippen LogP contribution is 2.24. The van der Waals surface area contributed by atoms with E-state index in [-0.39, 0.29) is 0 Å². The van der Waals surface area contributed by atoms with Gasteiger partial charge in [0.2, 0.25) is 0 Å². The van der Waals surface area contributed by atoms with Crippen molar-refractivity contribution in [2.75, 3.05) is 0 Å². The second kappa shape index (κ2) is 7.92. The smallest absolute Gasteiger partial charge is 0.343 e. The summed E-state index contributed by atoms with van der Waals surface area (Å²) in [6, 6.07) is 26.6. The zero-order chi connectivity index (χ0) is 19.3. The number of aryl methyl sites for hydroxylation is 1. The maximum absolute atomic E-state index is 12.7. The molecule has 0 aliphatic rings. The standard InChI is InChI=1S/C24H20N2O2/c1-2-26-21-16-10-9-15-20(21)25-23(26)17-22(18-11-5-3-6-12-18)28-24(27)19-13-7-4-8-14-19/h3-17H,2H2,1H3/b22-17-. The summed E-state index contributed by atoms with van der Waals surface area (Å²) >= 11 is 0. The van der Waals surface area contributed by atoms with Crippen molar-refractivity contribution in [1.82, 2.24) is 9.55 Å². The summed E-state index contributed by atoms with van der Waals surface area (Å²) in [5.41, 5.74) is 3.30. The van der Waals surface area contributed by atoms with Gasteiger partial charge in [-0.3, -0.25) is 0 Å². The number of carbonyl (C=O) groups is 1. The third kappa shape index (κ3) is 3.58. The predicted molar refractivity (Wildman–Crippen MR) is 112 cm³/mol. The van der Waals surface area contributed by atoms with Crippen LogP contribution in [-0.4, -0.2) is 15.5 Å². The Balaban J connectivity index is 1.79. The minimum Gasteiger partial charge on any atom is -0.422 e. The van der Waals surface area contributed by atoms with Crippen molar-refractivity contribution < 1.29 is 9.53 Å².